The van der Waals surface area contributed by atoms with E-state index >= 15 is 0 Å². The topological polar surface area (TPSA) is 79.5 Å². The molecule has 0 saturated carbocycles. The van der Waals surface area contributed by atoms with Crippen LogP contribution >= 0.6 is 12.2 Å². The molecule has 1 rings (SSSR count). The molecule has 0 saturated heterocycles. The number of hydrogen-bond acceptors (Lipinski definition) is 4. The molecule has 5 N–H and O–H groups in total. The number of aliphatic hydroxyl groups excluding tert-OH is 1. The van der Waals surface area contributed by atoms with E-state index in [1.807, 2.05) is 30.3 Å². The second-order valence-electron chi connectivity index (χ2n) is 3.90. The van der Waals surface area contributed by atoms with Crippen molar-refractivity contribution in [2.45, 2.75) is 6.61 Å². The quantitative estimate of drug-likeness (QED) is 0.321. The van der Waals surface area contributed by atoms with Crippen molar-refractivity contribution in [3.05, 3.63) is 35.9 Å². The van der Waals surface area contributed by atoms with Crippen LogP contribution in [-0.2, 0) is 11.3 Å². The van der Waals surface area contributed by atoms with E-state index in [1.165, 1.54) is 0 Å². The summed E-state index contributed by atoms with van der Waals surface area (Å²) in [7, 11) is 0. The molecule has 1 atom stereocenters. The number of aliphatic hydroxyl groups is 1. The van der Waals surface area contributed by atoms with Gasteiger partial charge >= 0.3 is 0 Å². The molecule has 0 unspecified atom stereocenters. The van der Waals surface area contributed by atoms with Crippen LogP contribution in [0.1, 0.15) is 5.56 Å². The van der Waals surface area contributed by atoms with Gasteiger partial charge in [0.25, 0.3) is 0 Å². The number of ether oxygens (including phenoxy) is 1. The highest BCUT2D eigenvalue weighted by Gasteiger charge is 2.08. The van der Waals surface area contributed by atoms with Crippen LogP contribution in [0.15, 0.2) is 30.3 Å². The van der Waals surface area contributed by atoms with Gasteiger partial charge in [0.05, 0.1) is 13.2 Å². The molecule has 5 nitrogen and oxygen atoms in total. The van der Waals surface area contributed by atoms with E-state index in [0.29, 0.717) is 24.9 Å². The van der Waals surface area contributed by atoms with Crippen LogP contribution < -0.4 is 16.6 Å². The Morgan fingerprint density at radius 1 is 1.39 bits per heavy atom. The summed E-state index contributed by atoms with van der Waals surface area (Å²) in [6.07, 6.45) is 0. The fraction of sp³-hybridized carbons (Fsp3) is 0.417. The molecule has 6 heteroatoms. The molecule has 0 amide bonds. The van der Waals surface area contributed by atoms with Crippen molar-refractivity contribution in [1.82, 2.24) is 10.7 Å². The smallest absolute Gasteiger partial charge is 0.180 e. The number of nitrogens with one attached hydrogen (secondary N) is 2. The largest absolute Gasteiger partial charge is 0.396 e. The van der Waals surface area contributed by atoms with Gasteiger partial charge < -0.3 is 20.6 Å². The van der Waals surface area contributed by atoms with E-state index < -0.39 is 0 Å². The molecule has 1 aromatic carbocycles. The molecule has 1 aromatic rings. The minimum atomic E-state index is -0.0139. The minimum Gasteiger partial charge on any atom is -0.396 e. The lowest BCUT2D eigenvalue weighted by Crippen LogP contribution is -2.42. The van der Waals surface area contributed by atoms with Crippen molar-refractivity contribution < 1.29 is 9.84 Å². The fourth-order valence-corrected chi connectivity index (χ4v) is 1.47. The van der Waals surface area contributed by atoms with Crippen LogP contribution in [0, 0.1) is 5.92 Å². The summed E-state index contributed by atoms with van der Waals surface area (Å²) in [5.74, 6) is 5.11. The third kappa shape index (κ3) is 5.92. The van der Waals surface area contributed by atoms with Gasteiger partial charge in [0.1, 0.15) is 0 Å². The van der Waals surface area contributed by atoms with Crippen LogP contribution in [0.5, 0.6) is 0 Å². The Hall–Kier alpha value is -1.21. The van der Waals surface area contributed by atoms with Gasteiger partial charge in [-0.2, -0.15) is 0 Å². The zero-order chi connectivity index (χ0) is 13.2. The summed E-state index contributed by atoms with van der Waals surface area (Å²) in [6, 6.07) is 9.90. The predicted molar refractivity (Wildman–Crippen MR) is 74.6 cm³/mol. The third-order valence-corrected chi connectivity index (χ3v) is 2.67. The standard InChI is InChI=1S/C12H19N3O2S/c13-15-12(18)14-6-11(7-16)9-17-8-10-4-2-1-3-5-10/h1-5,11,16H,6-9,13H2,(H2,14,15,18)/t11-/m1/s1. The van der Waals surface area contributed by atoms with Crippen LogP contribution in [0.2, 0.25) is 0 Å². The summed E-state index contributed by atoms with van der Waals surface area (Å²) < 4.78 is 5.54. The second-order valence-corrected chi connectivity index (χ2v) is 4.31. The maximum absolute atomic E-state index is 9.19. The van der Waals surface area contributed by atoms with Gasteiger partial charge in [-0.05, 0) is 17.8 Å². The monoisotopic (exact) mass is 269 g/mol. The number of hydrogen-bond donors (Lipinski definition) is 4. The first kappa shape index (κ1) is 14.8. The zero-order valence-corrected chi connectivity index (χ0v) is 11.0. The second kappa shape index (κ2) is 8.82. The predicted octanol–water partition coefficient (Wildman–Crippen LogP) is 0.150. The minimum absolute atomic E-state index is 0.0139. The van der Waals surface area contributed by atoms with Crippen molar-refractivity contribution in [2.24, 2.45) is 11.8 Å². The number of hydrazine groups is 1. The van der Waals surface area contributed by atoms with Gasteiger partial charge in [-0.25, -0.2) is 5.84 Å². The van der Waals surface area contributed by atoms with Crippen molar-refractivity contribution >= 4 is 17.3 Å². The van der Waals surface area contributed by atoms with E-state index in [9.17, 15) is 5.11 Å². The first-order chi connectivity index (χ1) is 8.76. The Labute approximate surface area is 112 Å². The zero-order valence-electron chi connectivity index (χ0n) is 10.1. The third-order valence-electron chi connectivity index (χ3n) is 2.41. The summed E-state index contributed by atoms with van der Waals surface area (Å²) in [6.45, 7) is 1.56. The Balaban J connectivity index is 2.21. The highest BCUT2D eigenvalue weighted by molar-refractivity contribution is 7.80. The number of benzene rings is 1. The molecule has 100 valence electrons. The van der Waals surface area contributed by atoms with Gasteiger partial charge in [0, 0.05) is 19.1 Å². The molecular formula is C12H19N3O2S. The van der Waals surface area contributed by atoms with Crippen LogP contribution in [0.4, 0.5) is 0 Å². The Kier molecular flexibility index (Phi) is 7.28. The van der Waals surface area contributed by atoms with Crippen LogP contribution in [0.3, 0.4) is 0 Å². The lowest BCUT2D eigenvalue weighted by molar-refractivity contribution is 0.0644. The maximum atomic E-state index is 9.19. The van der Waals surface area contributed by atoms with E-state index in [0.717, 1.165) is 5.56 Å². The molecule has 0 radical (unpaired) electrons. The number of thiocarbonyl (C=S) groups is 1. The highest BCUT2D eigenvalue weighted by atomic mass is 32.1. The molecule has 0 aromatic heterocycles. The number of rotatable bonds is 7. The molecule has 0 fully saturated rings. The van der Waals surface area contributed by atoms with Crippen LogP contribution in [-0.4, -0.2) is 30.0 Å². The molecule has 0 bridgehead atoms. The van der Waals surface area contributed by atoms with Crippen molar-refractivity contribution in [1.29, 1.82) is 0 Å². The molecule has 0 aliphatic rings. The van der Waals surface area contributed by atoms with Gasteiger partial charge in [0.2, 0.25) is 0 Å². The lowest BCUT2D eigenvalue weighted by atomic mass is 10.2. The summed E-state index contributed by atoms with van der Waals surface area (Å²) in [4.78, 5) is 0. The number of nitrogens with two attached hydrogens (primary N) is 1. The average Bonchev–Trinajstić information content (AvgIpc) is 2.43. The van der Waals surface area contributed by atoms with E-state index in [2.05, 4.69) is 10.7 Å². The van der Waals surface area contributed by atoms with Crippen molar-refractivity contribution in [3.8, 4) is 0 Å². The van der Waals surface area contributed by atoms with E-state index in [1.54, 1.807) is 0 Å². The molecule has 0 spiro atoms. The molecular weight excluding hydrogens is 250 g/mol. The van der Waals surface area contributed by atoms with Gasteiger partial charge in [0.15, 0.2) is 5.11 Å². The Morgan fingerprint density at radius 2 is 2.11 bits per heavy atom. The normalized spacial score (nSPS) is 11.9. The van der Waals surface area contributed by atoms with E-state index in [-0.39, 0.29) is 12.5 Å². The average molecular weight is 269 g/mol. The Bertz CT molecular complexity index is 348. The van der Waals surface area contributed by atoms with Crippen molar-refractivity contribution in [2.75, 3.05) is 19.8 Å². The van der Waals surface area contributed by atoms with E-state index in [4.69, 9.17) is 22.8 Å². The maximum Gasteiger partial charge on any atom is 0.180 e. The van der Waals surface area contributed by atoms with Crippen LogP contribution in [0.25, 0.3) is 0 Å². The van der Waals surface area contributed by atoms with Crippen molar-refractivity contribution in [3.63, 3.8) is 0 Å². The first-order valence-corrected chi connectivity index (χ1v) is 6.14. The summed E-state index contributed by atoms with van der Waals surface area (Å²) >= 11 is 4.84. The first-order valence-electron chi connectivity index (χ1n) is 5.73. The highest BCUT2D eigenvalue weighted by Crippen LogP contribution is 2.03. The SMILES string of the molecule is NNC(=S)NC[C@H](CO)COCc1ccccc1. The van der Waals surface area contributed by atoms with Gasteiger partial charge in [-0.1, -0.05) is 30.3 Å². The summed E-state index contributed by atoms with van der Waals surface area (Å²) in [5.41, 5.74) is 3.44. The molecule has 0 heterocycles. The Morgan fingerprint density at radius 3 is 2.72 bits per heavy atom. The molecule has 0 aliphatic carbocycles. The molecule has 0 aliphatic heterocycles. The van der Waals surface area contributed by atoms with Gasteiger partial charge in [-0.15, -0.1) is 0 Å². The fourth-order valence-electron chi connectivity index (χ4n) is 1.38. The summed E-state index contributed by atoms with van der Waals surface area (Å²) in [5, 5.41) is 12.4. The molecule has 18 heavy (non-hydrogen) atoms. The van der Waals surface area contributed by atoms with Gasteiger partial charge in [-0.3, -0.25) is 0 Å². The lowest BCUT2D eigenvalue weighted by Gasteiger charge is -2.16.